The Morgan fingerprint density at radius 1 is 1.43 bits per heavy atom. The van der Waals surface area contributed by atoms with Crippen molar-refractivity contribution in [1.82, 2.24) is 14.8 Å². The zero-order valence-electron chi connectivity index (χ0n) is 12.2. The molecule has 1 aliphatic heterocycles. The smallest absolute Gasteiger partial charge is 0.319 e. The largest absolute Gasteiger partial charge is 0.481 e. The molecule has 6 heteroatoms. The highest BCUT2D eigenvalue weighted by atomic mass is 16.4. The van der Waals surface area contributed by atoms with E-state index in [1.807, 2.05) is 12.1 Å². The molecule has 0 saturated carbocycles. The molecule has 0 bridgehead atoms. The third-order valence-corrected chi connectivity index (χ3v) is 3.85. The van der Waals surface area contributed by atoms with Crippen molar-refractivity contribution >= 4 is 12.0 Å². The van der Waals surface area contributed by atoms with Crippen LogP contribution in [0.2, 0.25) is 0 Å². The minimum atomic E-state index is -0.813. The van der Waals surface area contributed by atoms with E-state index >= 15 is 0 Å². The van der Waals surface area contributed by atoms with Crippen LogP contribution in [-0.4, -0.2) is 58.6 Å². The number of carboxylic acids is 1. The molecule has 0 radical (unpaired) electrons. The van der Waals surface area contributed by atoms with E-state index < -0.39 is 11.9 Å². The number of aromatic nitrogens is 1. The average molecular weight is 291 g/mol. The van der Waals surface area contributed by atoms with Gasteiger partial charge in [0.05, 0.1) is 5.92 Å². The van der Waals surface area contributed by atoms with Gasteiger partial charge < -0.3 is 14.9 Å². The number of amides is 2. The SMILES string of the molecule is CN(CCc1ccncc1)C(=O)N1CCCC(C(=O)O)C1. The lowest BCUT2D eigenvalue weighted by Crippen LogP contribution is -2.48. The number of carbonyl (C=O) groups excluding carboxylic acids is 1. The molecule has 1 unspecified atom stereocenters. The van der Waals surface area contributed by atoms with E-state index in [9.17, 15) is 9.59 Å². The van der Waals surface area contributed by atoms with Gasteiger partial charge in [-0.1, -0.05) is 0 Å². The maximum Gasteiger partial charge on any atom is 0.319 e. The molecule has 1 N–H and O–H groups in total. The van der Waals surface area contributed by atoms with Gasteiger partial charge in [0.2, 0.25) is 0 Å². The van der Waals surface area contributed by atoms with Gasteiger partial charge in [-0.3, -0.25) is 9.78 Å². The average Bonchev–Trinajstić information content (AvgIpc) is 2.53. The first kappa shape index (κ1) is 15.3. The summed E-state index contributed by atoms with van der Waals surface area (Å²) in [5.41, 5.74) is 1.13. The summed E-state index contributed by atoms with van der Waals surface area (Å²) in [4.78, 5) is 30.6. The maximum atomic E-state index is 12.3. The summed E-state index contributed by atoms with van der Waals surface area (Å²) in [6.45, 7) is 1.56. The van der Waals surface area contributed by atoms with Crippen molar-refractivity contribution in [1.29, 1.82) is 0 Å². The van der Waals surface area contributed by atoms with E-state index in [0.29, 0.717) is 26.1 Å². The lowest BCUT2D eigenvalue weighted by molar-refractivity contribution is -0.143. The van der Waals surface area contributed by atoms with Crippen LogP contribution in [0, 0.1) is 5.92 Å². The highest BCUT2D eigenvalue weighted by molar-refractivity contribution is 5.76. The number of carbonyl (C=O) groups is 2. The fraction of sp³-hybridized carbons (Fsp3) is 0.533. The molecule has 1 atom stereocenters. The van der Waals surface area contributed by atoms with Gasteiger partial charge in [0.1, 0.15) is 0 Å². The van der Waals surface area contributed by atoms with Crippen LogP contribution in [0.15, 0.2) is 24.5 Å². The number of hydrogen-bond acceptors (Lipinski definition) is 3. The van der Waals surface area contributed by atoms with Crippen LogP contribution >= 0.6 is 0 Å². The van der Waals surface area contributed by atoms with Crippen LogP contribution in [0.25, 0.3) is 0 Å². The number of piperidine rings is 1. The molecule has 0 aromatic carbocycles. The van der Waals surface area contributed by atoms with E-state index in [1.165, 1.54) is 0 Å². The Bertz CT molecular complexity index is 492. The summed E-state index contributed by atoms with van der Waals surface area (Å²) >= 11 is 0. The zero-order chi connectivity index (χ0) is 15.2. The molecule has 1 fully saturated rings. The number of likely N-dealkylation sites (N-methyl/N-ethyl adjacent to an activating group) is 1. The highest BCUT2D eigenvalue weighted by Gasteiger charge is 2.29. The van der Waals surface area contributed by atoms with Crippen LogP contribution < -0.4 is 0 Å². The minimum absolute atomic E-state index is 0.0880. The third kappa shape index (κ3) is 4.18. The first-order chi connectivity index (χ1) is 10.1. The van der Waals surface area contributed by atoms with Gasteiger partial charge in [-0.05, 0) is 37.0 Å². The number of urea groups is 1. The summed E-state index contributed by atoms with van der Waals surface area (Å²) in [5, 5.41) is 9.07. The Balaban J connectivity index is 1.85. The third-order valence-electron chi connectivity index (χ3n) is 3.85. The Morgan fingerprint density at radius 3 is 2.81 bits per heavy atom. The molecular weight excluding hydrogens is 270 g/mol. The summed E-state index contributed by atoms with van der Waals surface area (Å²) in [6, 6.07) is 3.77. The van der Waals surface area contributed by atoms with Gasteiger partial charge in [0, 0.05) is 39.1 Å². The number of carboxylic acid groups (broad SMARTS) is 1. The fourth-order valence-electron chi connectivity index (χ4n) is 2.54. The van der Waals surface area contributed by atoms with E-state index in [2.05, 4.69) is 4.98 Å². The van der Waals surface area contributed by atoms with E-state index in [0.717, 1.165) is 18.4 Å². The van der Waals surface area contributed by atoms with E-state index in [4.69, 9.17) is 5.11 Å². The minimum Gasteiger partial charge on any atom is -0.481 e. The Morgan fingerprint density at radius 2 is 2.14 bits per heavy atom. The van der Waals surface area contributed by atoms with Crippen molar-refractivity contribution in [2.24, 2.45) is 5.92 Å². The van der Waals surface area contributed by atoms with Gasteiger partial charge in [0.15, 0.2) is 0 Å². The van der Waals surface area contributed by atoms with Gasteiger partial charge in [-0.2, -0.15) is 0 Å². The molecule has 2 heterocycles. The van der Waals surface area contributed by atoms with Crippen LogP contribution in [0.1, 0.15) is 18.4 Å². The van der Waals surface area contributed by atoms with Crippen LogP contribution in [0.3, 0.4) is 0 Å². The lowest BCUT2D eigenvalue weighted by Gasteiger charge is -2.33. The molecular formula is C15H21N3O3. The molecule has 2 rings (SSSR count). The normalized spacial score (nSPS) is 18.3. The number of aliphatic carboxylic acids is 1. The van der Waals surface area contributed by atoms with Crippen molar-refractivity contribution < 1.29 is 14.7 Å². The summed E-state index contributed by atoms with van der Waals surface area (Å²) < 4.78 is 0. The summed E-state index contributed by atoms with van der Waals surface area (Å²) in [6.07, 6.45) is 5.64. The monoisotopic (exact) mass is 291 g/mol. The second-order valence-corrected chi connectivity index (χ2v) is 5.43. The molecule has 1 saturated heterocycles. The van der Waals surface area contributed by atoms with Gasteiger partial charge in [-0.25, -0.2) is 4.79 Å². The molecule has 1 aromatic heterocycles. The molecule has 114 valence electrons. The molecule has 2 amide bonds. The molecule has 1 aliphatic rings. The predicted molar refractivity (Wildman–Crippen MR) is 77.9 cm³/mol. The van der Waals surface area contributed by atoms with Crippen LogP contribution in [0.5, 0.6) is 0 Å². The van der Waals surface area contributed by atoms with Crippen LogP contribution in [-0.2, 0) is 11.2 Å². The molecule has 6 nitrogen and oxygen atoms in total. The second-order valence-electron chi connectivity index (χ2n) is 5.43. The Hall–Kier alpha value is -2.11. The van der Waals surface area contributed by atoms with Crippen molar-refractivity contribution in [3.8, 4) is 0 Å². The van der Waals surface area contributed by atoms with Crippen molar-refractivity contribution in [2.45, 2.75) is 19.3 Å². The first-order valence-corrected chi connectivity index (χ1v) is 7.19. The quantitative estimate of drug-likeness (QED) is 0.911. The van der Waals surface area contributed by atoms with Crippen LogP contribution in [0.4, 0.5) is 4.79 Å². The fourth-order valence-corrected chi connectivity index (χ4v) is 2.54. The second kappa shape index (κ2) is 7.06. The molecule has 0 spiro atoms. The highest BCUT2D eigenvalue weighted by Crippen LogP contribution is 2.17. The number of rotatable bonds is 4. The molecule has 21 heavy (non-hydrogen) atoms. The van der Waals surface area contributed by atoms with Gasteiger partial charge in [-0.15, -0.1) is 0 Å². The zero-order valence-corrected chi connectivity index (χ0v) is 12.2. The van der Waals surface area contributed by atoms with Crippen molar-refractivity contribution in [3.63, 3.8) is 0 Å². The summed E-state index contributed by atoms with van der Waals surface area (Å²) in [7, 11) is 1.76. The van der Waals surface area contributed by atoms with Crippen molar-refractivity contribution in [2.75, 3.05) is 26.7 Å². The van der Waals surface area contributed by atoms with Gasteiger partial charge >= 0.3 is 12.0 Å². The van der Waals surface area contributed by atoms with E-state index in [1.54, 1.807) is 29.2 Å². The Labute approximate surface area is 124 Å². The predicted octanol–water partition coefficient (Wildman–Crippen LogP) is 1.47. The maximum absolute atomic E-state index is 12.3. The summed E-state index contributed by atoms with van der Waals surface area (Å²) in [5.74, 6) is -1.25. The van der Waals surface area contributed by atoms with Gasteiger partial charge in [0.25, 0.3) is 0 Å². The number of likely N-dealkylation sites (tertiary alicyclic amines) is 1. The number of nitrogens with zero attached hydrogens (tertiary/aromatic N) is 3. The standard InChI is InChI=1S/C15H21N3O3/c1-17(10-6-12-4-7-16-8-5-12)15(21)18-9-2-3-13(11-18)14(19)20/h4-5,7-8,13H,2-3,6,9-11H2,1H3,(H,19,20). The number of hydrogen-bond donors (Lipinski definition) is 1. The van der Waals surface area contributed by atoms with E-state index in [-0.39, 0.29) is 6.03 Å². The first-order valence-electron chi connectivity index (χ1n) is 7.19. The molecule has 1 aromatic rings. The van der Waals surface area contributed by atoms with Crippen molar-refractivity contribution in [3.05, 3.63) is 30.1 Å². The topological polar surface area (TPSA) is 73.7 Å². The molecule has 0 aliphatic carbocycles. The Kier molecular flexibility index (Phi) is 5.14. The number of pyridine rings is 1. The lowest BCUT2D eigenvalue weighted by atomic mass is 9.99.